The first-order valence-electron chi connectivity index (χ1n) is 10.6. The lowest BCUT2D eigenvalue weighted by molar-refractivity contribution is 0.0650. The van der Waals surface area contributed by atoms with Gasteiger partial charge in [-0.1, -0.05) is 54.6 Å². The fraction of sp³-hybridized carbons (Fsp3) is 0.185. The van der Waals surface area contributed by atoms with E-state index in [0.717, 1.165) is 28.3 Å². The van der Waals surface area contributed by atoms with Gasteiger partial charge in [0.2, 0.25) is 0 Å². The van der Waals surface area contributed by atoms with Gasteiger partial charge in [0, 0.05) is 17.3 Å². The summed E-state index contributed by atoms with van der Waals surface area (Å²) >= 11 is 0. The van der Waals surface area contributed by atoms with Gasteiger partial charge in [0.15, 0.2) is 0 Å². The molecule has 4 nitrogen and oxygen atoms in total. The Hall–Kier alpha value is -3.66. The summed E-state index contributed by atoms with van der Waals surface area (Å²) in [5.74, 6) is 0.506. The zero-order chi connectivity index (χ0) is 21.4. The highest BCUT2D eigenvalue weighted by atomic mass is 16.5. The van der Waals surface area contributed by atoms with Crippen LogP contribution in [0, 0.1) is 6.92 Å². The minimum absolute atomic E-state index is 0.197. The van der Waals surface area contributed by atoms with Crippen LogP contribution >= 0.6 is 0 Å². The molecule has 4 aromatic rings. The first-order valence-corrected chi connectivity index (χ1v) is 10.6. The molecular formula is C27H23NO3. The van der Waals surface area contributed by atoms with Gasteiger partial charge >= 0.3 is 0 Å². The normalized spacial score (nSPS) is 13.3. The molecule has 0 bridgehead atoms. The van der Waals surface area contributed by atoms with Crippen LogP contribution in [-0.4, -0.2) is 29.9 Å². The van der Waals surface area contributed by atoms with E-state index >= 15 is 0 Å². The predicted molar refractivity (Wildman–Crippen MR) is 123 cm³/mol. The Labute approximate surface area is 181 Å². The monoisotopic (exact) mass is 409 g/mol. The van der Waals surface area contributed by atoms with Crippen LogP contribution in [0.15, 0.2) is 72.8 Å². The molecule has 5 rings (SSSR count). The minimum atomic E-state index is -0.197. The number of carbonyl (C=O) groups is 2. The van der Waals surface area contributed by atoms with E-state index < -0.39 is 0 Å². The zero-order valence-electron chi connectivity index (χ0n) is 17.4. The number of ether oxygens (including phenoxy) is 1. The van der Waals surface area contributed by atoms with Gasteiger partial charge in [0.05, 0.1) is 17.7 Å². The topological polar surface area (TPSA) is 46.6 Å². The second kappa shape index (κ2) is 7.88. The number of benzene rings is 4. The summed E-state index contributed by atoms with van der Waals surface area (Å²) in [6.07, 6.45) is 1.46. The second-order valence-electron chi connectivity index (χ2n) is 7.96. The van der Waals surface area contributed by atoms with Crippen molar-refractivity contribution in [1.82, 2.24) is 4.90 Å². The highest BCUT2D eigenvalue weighted by molar-refractivity contribution is 6.21. The molecule has 0 radical (unpaired) electrons. The maximum Gasteiger partial charge on any atom is 0.261 e. The van der Waals surface area contributed by atoms with Gasteiger partial charge in [-0.05, 0) is 54.3 Å². The van der Waals surface area contributed by atoms with Crippen molar-refractivity contribution >= 4 is 33.4 Å². The Kier molecular flexibility index (Phi) is 4.91. The largest absolute Gasteiger partial charge is 0.492 e. The van der Waals surface area contributed by atoms with E-state index in [4.69, 9.17) is 4.74 Å². The smallest absolute Gasteiger partial charge is 0.261 e. The van der Waals surface area contributed by atoms with Gasteiger partial charge in [0.1, 0.15) is 5.75 Å². The number of imide groups is 1. The Bertz CT molecular complexity index is 1290. The lowest BCUT2D eigenvalue weighted by atomic mass is 9.99. The molecule has 1 aliphatic rings. The fourth-order valence-electron chi connectivity index (χ4n) is 4.34. The average Bonchev–Trinajstić information content (AvgIpc) is 3.04. The summed E-state index contributed by atoms with van der Waals surface area (Å²) in [5, 5.41) is 4.56. The number of aryl methyl sites for hydroxylation is 1. The molecule has 0 atom stereocenters. The van der Waals surface area contributed by atoms with E-state index in [1.54, 1.807) is 24.3 Å². The third kappa shape index (κ3) is 3.34. The van der Waals surface area contributed by atoms with Gasteiger partial charge in [0.25, 0.3) is 11.8 Å². The van der Waals surface area contributed by atoms with E-state index in [1.807, 2.05) is 12.1 Å². The maximum atomic E-state index is 12.5. The summed E-state index contributed by atoms with van der Waals surface area (Å²) in [4.78, 5) is 26.3. The van der Waals surface area contributed by atoms with E-state index in [2.05, 4.69) is 43.3 Å². The van der Waals surface area contributed by atoms with Crippen molar-refractivity contribution in [2.45, 2.75) is 19.8 Å². The fourth-order valence-corrected chi connectivity index (χ4v) is 4.34. The Morgan fingerprint density at radius 2 is 1.42 bits per heavy atom. The standard InChI is InChI=1S/C27H23NO3/c1-18-9-8-14-21-24(18)17-19-10-2-3-11-20(19)25(21)31-16-7-6-15-28-26(29)22-12-4-5-13-23(22)27(28)30/h2-5,8-14,17H,6-7,15-16H2,1H3. The molecule has 4 aromatic carbocycles. The summed E-state index contributed by atoms with van der Waals surface area (Å²) in [5.41, 5.74) is 2.22. The number of amides is 2. The van der Waals surface area contributed by atoms with Crippen LogP contribution in [0.25, 0.3) is 21.5 Å². The van der Waals surface area contributed by atoms with Crippen molar-refractivity contribution in [2.24, 2.45) is 0 Å². The van der Waals surface area contributed by atoms with Crippen LogP contribution in [0.5, 0.6) is 5.75 Å². The Balaban J connectivity index is 1.29. The molecule has 4 heteroatoms. The molecule has 0 N–H and O–H groups in total. The Morgan fingerprint density at radius 1 is 0.742 bits per heavy atom. The van der Waals surface area contributed by atoms with Crippen LogP contribution in [0.2, 0.25) is 0 Å². The average molecular weight is 409 g/mol. The Morgan fingerprint density at radius 3 is 2.19 bits per heavy atom. The van der Waals surface area contributed by atoms with Gasteiger partial charge in [-0.2, -0.15) is 0 Å². The van der Waals surface area contributed by atoms with E-state index in [0.29, 0.717) is 30.7 Å². The van der Waals surface area contributed by atoms with E-state index in [1.165, 1.54) is 15.8 Å². The van der Waals surface area contributed by atoms with Gasteiger partial charge in [-0.25, -0.2) is 0 Å². The third-order valence-electron chi connectivity index (χ3n) is 5.97. The van der Waals surface area contributed by atoms with Crippen LogP contribution in [0.3, 0.4) is 0 Å². The number of hydrogen-bond acceptors (Lipinski definition) is 3. The van der Waals surface area contributed by atoms with Gasteiger partial charge in [-0.3, -0.25) is 14.5 Å². The minimum Gasteiger partial charge on any atom is -0.492 e. The number of carbonyl (C=O) groups excluding carboxylic acids is 2. The first kappa shape index (κ1) is 19.3. The van der Waals surface area contributed by atoms with Crippen LogP contribution < -0.4 is 4.74 Å². The summed E-state index contributed by atoms with van der Waals surface area (Å²) in [7, 11) is 0. The van der Waals surface area contributed by atoms with Crippen LogP contribution in [0.4, 0.5) is 0 Å². The first-order chi connectivity index (χ1) is 15.1. The van der Waals surface area contributed by atoms with Crippen molar-refractivity contribution in [3.63, 3.8) is 0 Å². The van der Waals surface area contributed by atoms with Crippen molar-refractivity contribution in [3.8, 4) is 5.75 Å². The zero-order valence-corrected chi connectivity index (χ0v) is 17.4. The molecule has 154 valence electrons. The van der Waals surface area contributed by atoms with Crippen molar-refractivity contribution in [2.75, 3.05) is 13.2 Å². The second-order valence-corrected chi connectivity index (χ2v) is 7.96. The highest BCUT2D eigenvalue weighted by Crippen LogP contribution is 2.36. The number of rotatable bonds is 6. The summed E-state index contributed by atoms with van der Waals surface area (Å²) in [6.45, 7) is 3.05. The molecule has 0 saturated heterocycles. The molecule has 0 spiro atoms. The van der Waals surface area contributed by atoms with Crippen LogP contribution in [0.1, 0.15) is 39.1 Å². The van der Waals surface area contributed by atoms with E-state index in [9.17, 15) is 9.59 Å². The molecule has 1 aliphatic heterocycles. The molecule has 0 saturated carbocycles. The summed E-state index contributed by atoms with van der Waals surface area (Å²) in [6, 6.07) is 23.8. The number of hydrogen-bond donors (Lipinski definition) is 0. The maximum absolute atomic E-state index is 12.5. The molecule has 0 aromatic heterocycles. The molecule has 0 fully saturated rings. The van der Waals surface area contributed by atoms with Crippen LogP contribution in [-0.2, 0) is 0 Å². The molecule has 31 heavy (non-hydrogen) atoms. The number of fused-ring (bicyclic) bond motifs is 3. The van der Waals surface area contributed by atoms with Crippen molar-refractivity contribution < 1.29 is 14.3 Å². The molecule has 0 unspecified atom stereocenters. The number of nitrogens with zero attached hydrogens (tertiary/aromatic N) is 1. The summed E-state index contributed by atoms with van der Waals surface area (Å²) < 4.78 is 6.28. The highest BCUT2D eigenvalue weighted by Gasteiger charge is 2.34. The SMILES string of the molecule is Cc1cccc2c(OCCCCN3C(=O)c4ccccc4C3=O)c3ccccc3cc12. The predicted octanol–water partition coefficient (Wildman–Crippen LogP) is 5.76. The van der Waals surface area contributed by atoms with Crippen molar-refractivity contribution in [1.29, 1.82) is 0 Å². The quantitative estimate of drug-likeness (QED) is 0.231. The molecule has 2 amide bonds. The molecule has 0 aliphatic carbocycles. The number of unbranched alkanes of at least 4 members (excludes halogenated alkanes) is 1. The lowest BCUT2D eigenvalue weighted by Gasteiger charge is -2.16. The van der Waals surface area contributed by atoms with Gasteiger partial charge < -0.3 is 4.74 Å². The van der Waals surface area contributed by atoms with Gasteiger partial charge in [-0.15, -0.1) is 0 Å². The molecule has 1 heterocycles. The third-order valence-corrected chi connectivity index (χ3v) is 5.97. The van der Waals surface area contributed by atoms with E-state index in [-0.39, 0.29) is 11.8 Å². The van der Waals surface area contributed by atoms with Crippen molar-refractivity contribution in [3.05, 3.63) is 89.5 Å². The lowest BCUT2D eigenvalue weighted by Crippen LogP contribution is -2.30. The molecular weight excluding hydrogens is 386 g/mol.